The van der Waals surface area contributed by atoms with Crippen molar-refractivity contribution in [3.8, 4) is 0 Å². The minimum atomic E-state index is -0.293. The Hall–Kier alpha value is -1.07. The molecule has 0 saturated carbocycles. The van der Waals surface area contributed by atoms with Crippen molar-refractivity contribution < 1.29 is 14.3 Å². The van der Waals surface area contributed by atoms with Crippen molar-refractivity contribution in [2.24, 2.45) is 5.92 Å². The molecule has 4 nitrogen and oxygen atoms in total. The molecule has 1 fully saturated rings. The first-order valence-electron chi connectivity index (χ1n) is 6.49. The highest BCUT2D eigenvalue weighted by molar-refractivity contribution is 9.10. The zero-order valence-corrected chi connectivity index (χ0v) is 12.5. The molecule has 0 aliphatic carbocycles. The summed E-state index contributed by atoms with van der Waals surface area (Å²) < 4.78 is 11.2. The lowest BCUT2D eigenvalue weighted by molar-refractivity contribution is 0.0526. The van der Waals surface area contributed by atoms with Crippen LogP contribution in [0, 0.1) is 5.92 Å². The molecule has 1 unspecified atom stereocenters. The molecule has 0 aromatic heterocycles. The number of esters is 1. The highest BCUT2D eigenvalue weighted by Crippen LogP contribution is 2.25. The third kappa shape index (κ3) is 3.94. The zero-order chi connectivity index (χ0) is 13.7. The molecule has 1 N–H and O–H groups in total. The monoisotopic (exact) mass is 327 g/mol. The molecule has 1 saturated heterocycles. The second-order valence-electron chi connectivity index (χ2n) is 4.53. The van der Waals surface area contributed by atoms with E-state index in [9.17, 15) is 4.79 Å². The zero-order valence-electron chi connectivity index (χ0n) is 10.9. The van der Waals surface area contributed by atoms with E-state index in [4.69, 9.17) is 9.47 Å². The van der Waals surface area contributed by atoms with Gasteiger partial charge in [-0.25, -0.2) is 4.79 Å². The lowest BCUT2D eigenvalue weighted by Crippen LogP contribution is -2.14. The van der Waals surface area contributed by atoms with Gasteiger partial charge in [-0.3, -0.25) is 0 Å². The number of hydrogen-bond donors (Lipinski definition) is 1. The van der Waals surface area contributed by atoms with Gasteiger partial charge in [-0.2, -0.15) is 0 Å². The van der Waals surface area contributed by atoms with Crippen LogP contribution in [0.15, 0.2) is 22.7 Å². The third-order valence-electron chi connectivity index (χ3n) is 3.09. The number of ether oxygens (including phenoxy) is 2. The van der Waals surface area contributed by atoms with E-state index in [0.717, 1.165) is 36.3 Å². The van der Waals surface area contributed by atoms with E-state index >= 15 is 0 Å². The molecule has 1 aliphatic rings. The van der Waals surface area contributed by atoms with Crippen molar-refractivity contribution in [2.45, 2.75) is 13.3 Å². The maximum Gasteiger partial charge on any atom is 0.338 e. The fourth-order valence-corrected chi connectivity index (χ4v) is 2.52. The molecule has 1 heterocycles. The number of nitrogens with one attached hydrogen (secondary N) is 1. The summed E-state index contributed by atoms with van der Waals surface area (Å²) in [5, 5.41) is 3.37. The molecule has 0 amide bonds. The normalized spacial score (nSPS) is 18.3. The number of hydrogen-bond acceptors (Lipinski definition) is 4. The summed E-state index contributed by atoms with van der Waals surface area (Å²) >= 11 is 3.47. The predicted molar refractivity (Wildman–Crippen MR) is 77.5 cm³/mol. The lowest BCUT2D eigenvalue weighted by Gasteiger charge is -2.13. The average Bonchev–Trinajstić information content (AvgIpc) is 2.90. The molecule has 2 rings (SSSR count). The van der Waals surface area contributed by atoms with Crippen LogP contribution in [0.25, 0.3) is 0 Å². The number of halogens is 1. The van der Waals surface area contributed by atoms with Crippen molar-refractivity contribution >= 4 is 27.6 Å². The lowest BCUT2D eigenvalue weighted by atomic mass is 10.1. The van der Waals surface area contributed by atoms with Crippen LogP contribution in [0.1, 0.15) is 23.7 Å². The fourth-order valence-electron chi connectivity index (χ4n) is 2.00. The summed E-state index contributed by atoms with van der Waals surface area (Å²) in [5.41, 5.74) is 1.54. The Morgan fingerprint density at radius 2 is 2.42 bits per heavy atom. The summed E-state index contributed by atoms with van der Waals surface area (Å²) in [4.78, 5) is 11.6. The first kappa shape index (κ1) is 14.3. The molecule has 1 aliphatic heterocycles. The molecule has 1 aromatic rings. The minimum Gasteiger partial charge on any atom is -0.462 e. The van der Waals surface area contributed by atoms with Crippen LogP contribution in [0.2, 0.25) is 0 Å². The SMILES string of the molecule is CCOC(=O)c1ccc(NCC2CCOC2)c(Br)c1. The number of benzene rings is 1. The summed E-state index contributed by atoms with van der Waals surface area (Å²) in [6, 6.07) is 5.45. The third-order valence-corrected chi connectivity index (χ3v) is 3.74. The Balaban J connectivity index is 1.96. The van der Waals surface area contributed by atoms with Crippen molar-refractivity contribution in [3.63, 3.8) is 0 Å². The van der Waals surface area contributed by atoms with E-state index in [2.05, 4.69) is 21.2 Å². The standard InChI is InChI=1S/C14H18BrNO3/c1-2-19-14(17)11-3-4-13(12(15)7-11)16-8-10-5-6-18-9-10/h3-4,7,10,16H,2,5-6,8-9H2,1H3. The van der Waals surface area contributed by atoms with Gasteiger partial charge in [0.2, 0.25) is 0 Å². The van der Waals surface area contributed by atoms with Gasteiger partial charge < -0.3 is 14.8 Å². The van der Waals surface area contributed by atoms with Gasteiger partial charge in [-0.05, 0) is 47.5 Å². The summed E-state index contributed by atoms with van der Waals surface area (Å²) in [6.45, 7) is 4.75. The van der Waals surface area contributed by atoms with Gasteiger partial charge in [0, 0.05) is 29.2 Å². The average molecular weight is 328 g/mol. The van der Waals surface area contributed by atoms with Gasteiger partial charge in [-0.1, -0.05) is 0 Å². The Bertz CT molecular complexity index is 444. The van der Waals surface area contributed by atoms with E-state index in [1.54, 1.807) is 19.1 Å². The van der Waals surface area contributed by atoms with Gasteiger partial charge in [0.05, 0.1) is 18.8 Å². The van der Waals surface area contributed by atoms with Crippen molar-refractivity contribution in [2.75, 3.05) is 31.7 Å². The Labute approximate surface area is 121 Å². The molecule has 0 bridgehead atoms. The van der Waals surface area contributed by atoms with E-state index < -0.39 is 0 Å². The number of carbonyl (C=O) groups excluding carboxylic acids is 1. The Kier molecular flexibility index (Phi) is 5.22. The maximum absolute atomic E-state index is 11.6. The molecular formula is C14H18BrNO3. The second-order valence-corrected chi connectivity index (χ2v) is 5.38. The second kappa shape index (κ2) is 6.91. The van der Waals surface area contributed by atoms with Crippen LogP contribution < -0.4 is 5.32 Å². The van der Waals surface area contributed by atoms with E-state index in [1.165, 1.54) is 0 Å². The summed E-state index contributed by atoms with van der Waals surface area (Å²) in [7, 11) is 0. The Morgan fingerprint density at radius 3 is 3.05 bits per heavy atom. The van der Waals surface area contributed by atoms with Crippen molar-refractivity contribution in [1.82, 2.24) is 0 Å². The highest BCUT2D eigenvalue weighted by Gasteiger charge is 2.16. The molecule has 1 aromatic carbocycles. The van der Waals surface area contributed by atoms with Crippen LogP contribution in [-0.4, -0.2) is 32.3 Å². The van der Waals surface area contributed by atoms with Gasteiger partial charge in [-0.15, -0.1) is 0 Å². The van der Waals surface area contributed by atoms with E-state index in [-0.39, 0.29) is 5.97 Å². The van der Waals surface area contributed by atoms with Crippen LogP contribution in [0.5, 0.6) is 0 Å². The Morgan fingerprint density at radius 1 is 1.58 bits per heavy atom. The van der Waals surface area contributed by atoms with E-state index in [0.29, 0.717) is 18.1 Å². The van der Waals surface area contributed by atoms with Crippen molar-refractivity contribution in [3.05, 3.63) is 28.2 Å². The van der Waals surface area contributed by atoms with Crippen LogP contribution >= 0.6 is 15.9 Å². The van der Waals surface area contributed by atoms with Crippen LogP contribution in [-0.2, 0) is 9.47 Å². The molecular weight excluding hydrogens is 310 g/mol. The number of rotatable bonds is 5. The summed E-state index contributed by atoms with van der Waals surface area (Å²) in [5.74, 6) is 0.274. The first-order chi connectivity index (χ1) is 9.20. The van der Waals surface area contributed by atoms with Crippen LogP contribution in [0.3, 0.4) is 0 Å². The van der Waals surface area contributed by atoms with Gasteiger partial charge in [0.1, 0.15) is 0 Å². The van der Waals surface area contributed by atoms with Gasteiger partial charge in [0.25, 0.3) is 0 Å². The number of carbonyl (C=O) groups is 1. The van der Waals surface area contributed by atoms with Gasteiger partial charge >= 0.3 is 5.97 Å². The van der Waals surface area contributed by atoms with Gasteiger partial charge in [0.15, 0.2) is 0 Å². The predicted octanol–water partition coefficient (Wildman–Crippen LogP) is 3.07. The maximum atomic E-state index is 11.6. The first-order valence-corrected chi connectivity index (χ1v) is 7.28. The quantitative estimate of drug-likeness (QED) is 0.844. The molecule has 5 heteroatoms. The molecule has 1 atom stereocenters. The molecule has 19 heavy (non-hydrogen) atoms. The molecule has 0 spiro atoms. The van der Waals surface area contributed by atoms with Crippen molar-refractivity contribution in [1.29, 1.82) is 0 Å². The summed E-state index contributed by atoms with van der Waals surface area (Å²) in [6.07, 6.45) is 1.10. The van der Waals surface area contributed by atoms with Crippen LogP contribution in [0.4, 0.5) is 5.69 Å². The van der Waals surface area contributed by atoms with E-state index in [1.807, 2.05) is 6.07 Å². The smallest absolute Gasteiger partial charge is 0.338 e. The topological polar surface area (TPSA) is 47.6 Å². The minimum absolute atomic E-state index is 0.293. The largest absolute Gasteiger partial charge is 0.462 e. The highest BCUT2D eigenvalue weighted by atomic mass is 79.9. The molecule has 0 radical (unpaired) electrons. The fraction of sp³-hybridized carbons (Fsp3) is 0.500. The number of anilines is 1. The molecule has 104 valence electrons.